The monoisotopic (exact) mass is 411 g/mol. The molecular weight excluding hydrogens is 394 g/mol. The highest BCUT2D eigenvalue weighted by Crippen LogP contribution is 2.28. The number of nitrogens with one attached hydrogen (secondary N) is 1. The fourth-order valence-electron chi connectivity index (χ4n) is 2.31. The topological polar surface area (TPSA) is 141 Å². The quantitative estimate of drug-likeness (QED) is 0.230. The lowest BCUT2D eigenvalue weighted by Gasteiger charge is -2.10. The summed E-state index contributed by atoms with van der Waals surface area (Å²) in [5, 5.41) is 22.4. The van der Waals surface area contributed by atoms with Crippen LogP contribution in [0.4, 0.5) is 11.4 Å². The maximum Gasteiger partial charge on any atom is 0.349 e. The van der Waals surface area contributed by atoms with Crippen LogP contribution in [-0.2, 0) is 14.3 Å². The zero-order valence-electron chi connectivity index (χ0n) is 16.1. The van der Waals surface area contributed by atoms with Gasteiger partial charge in [-0.3, -0.25) is 14.9 Å². The molecule has 2 aromatic carbocycles. The molecule has 0 atom stereocenters. The van der Waals surface area contributed by atoms with E-state index in [1.165, 1.54) is 32.4 Å². The highest BCUT2D eigenvalue weighted by Gasteiger charge is 2.16. The first-order valence-electron chi connectivity index (χ1n) is 8.43. The molecule has 10 nitrogen and oxygen atoms in total. The van der Waals surface area contributed by atoms with Crippen LogP contribution in [-0.4, -0.2) is 37.6 Å². The zero-order valence-corrected chi connectivity index (χ0v) is 16.1. The molecule has 10 heteroatoms. The third-order valence-electron chi connectivity index (χ3n) is 3.77. The number of ether oxygens (including phenoxy) is 3. The van der Waals surface area contributed by atoms with Crippen LogP contribution in [0.15, 0.2) is 48.0 Å². The molecule has 0 aliphatic rings. The van der Waals surface area contributed by atoms with E-state index in [2.05, 4.69) is 5.32 Å². The van der Waals surface area contributed by atoms with Crippen molar-refractivity contribution < 1.29 is 28.7 Å². The van der Waals surface area contributed by atoms with Gasteiger partial charge in [-0.25, -0.2) is 4.79 Å². The fraction of sp³-hybridized carbons (Fsp3) is 0.150. The number of nitriles is 1. The molecule has 0 aliphatic heterocycles. The van der Waals surface area contributed by atoms with Crippen molar-refractivity contribution in [2.24, 2.45) is 0 Å². The Hall–Kier alpha value is -4.39. The summed E-state index contributed by atoms with van der Waals surface area (Å²) in [6, 6.07) is 12.0. The van der Waals surface area contributed by atoms with E-state index in [1.807, 2.05) is 0 Å². The Morgan fingerprint density at radius 1 is 1.17 bits per heavy atom. The van der Waals surface area contributed by atoms with Gasteiger partial charge in [0, 0.05) is 12.1 Å². The number of esters is 1. The van der Waals surface area contributed by atoms with Gasteiger partial charge in [0.25, 0.3) is 11.6 Å². The summed E-state index contributed by atoms with van der Waals surface area (Å²) in [7, 11) is 2.84. The maximum absolute atomic E-state index is 12.1. The molecule has 0 saturated carbocycles. The van der Waals surface area contributed by atoms with Gasteiger partial charge in [0.15, 0.2) is 6.61 Å². The number of methoxy groups -OCH3 is 2. The van der Waals surface area contributed by atoms with Gasteiger partial charge in [0.1, 0.15) is 23.1 Å². The second-order valence-corrected chi connectivity index (χ2v) is 5.71. The summed E-state index contributed by atoms with van der Waals surface area (Å²) in [6.45, 7) is -0.702. The Labute approximate surface area is 171 Å². The van der Waals surface area contributed by atoms with Crippen LogP contribution < -0.4 is 14.8 Å². The van der Waals surface area contributed by atoms with Gasteiger partial charge in [-0.15, -0.1) is 0 Å². The van der Waals surface area contributed by atoms with Crippen LogP contribution in [0.25, 0.3) is 6.08 Å². The van der Waals surface area contributed by atoms with Crippen LogP contribution >= 0.6 is 0 Å². The molecular formula is C20H17N3O7. The standard InChI is InChI=1S/C20H17N3O7/c1-28-16-6-3-13(4-7-16)9-14(11-21)20(25)30-12-19(24)22-17-10-15(23(26)27)5-8-18(17)29-2/h3-10H,12H2,1-2H3,(H,22,24)/b14-9-. The Bertz CT molecular complexity index is 1020. The molecule has 0 aliphatic carbocycles. The number of nitrogens with zero attached hydrogens (tertiary/aromatic N) is 2. The lowest BCUT2D eigenvalue weighted by atomic mass is 10.1. The van der Waals surface area contributed by atoms with Crippen molar-refractivity contribution in [3.63, 3.8) is 0 Å². The first-order chi connectivity index (χ1) is 14.4. The number of benzene rings is 2. The van der Waals surface area contributed by atoms with Gasteiger partial charge in [-0.2, -0.15) is 5.26 Å². The van der Waals surface area contributed by atoms with E-state index in [0.29, 0.717) is 11.3 Å². The predicted octanol–water partition coefficient (Wildman–Crippen LogP) is 2.70. The van der Waals surface area contributed by atoms with Gasteiger partial charge < -0.3 is 19.5 Å². The molecule has 0 saturated heterocycles. The second-order valence-electron chi connectivity index (χ2n) is 5.71. The molecule has 2 rings (SSSR count). The number of nitro groups is 1. The summed E-state index contributed by atoms with van der Waals surface area (Å²) in [5.74, 6) is -0.947. The number of anilines is 1. The van der Waals surface area contributed by atoms with Gasteiger partial charge in [0.05, 0.1) is 24.8 Å². The minimum Gasteiger partial charge on any atom is -0.497 e. The number of carbonyl (C=O) groups is 2. The zero-order chi connectivity index (χ0) is 22.1. The maximum atomic E-state index is 12.1. The molecule has 1 amide bonds. The van der Waals surface area contributed by atoms with E-state index in [4.69, 9.17) is 14.2 Å². The van der Waals surface area contributed by atoms with Crippen molar-refractivity contribution in [1.82, 2.24) is 0 Å². The lowest BCUT2D eigenvalue weighted by Crippen LogP contribution is -2.21. The molecule has 0 fully saturated rings. The average Bonchev–Trinajstić information content (AvgIpc) is 2.76. The lowest BCUT2D eigenvalue weighted by molar-refractivity contribution is -0.384. The Balaban J connectivity index is 2.03. The third-order valence-corrected chi connectivity index (χ3v) is 3.77. The summed E-state index contributed by atoms with van der Waals surface area (Å²) in [4.78, 5) is 34.4. The normalized spacial score (nSPS) is 10.5. The largest absolute Gasteiger partial charge is 0.497 e. The number of rotatable bonds is 8. The van der Waals surface area contributed by atoms with Gasteiger partial charge in [-0.1, -0.05) is 12.1 Å². The molecule has 2 aromatic rings. The number of hydrogen-bond acceptors (Lipinski definition) is 8. The van der Waals surface area contributed by atoms with Crippen molar-refractivity contribution in [3.05, 3.63) is 63.7 Å². The molecule has 1 N–H and O–H groups in total. The first kappa shape index (κ1) is 21.9. The molecule has 0 unspecified atom stereocenters. The van der Waals surface area contributed by atoms with Crippen LogP contribution in [0.3, 0.4) is 0 Å². The van der Waals surface area contributed by atoms with E-state index in [-0.39, 0.29) is 22.7 Å². The van der Waals surface area contributed by atoms with Crippen molar-refractivity contribution in [2.45, 2.75) is 0 Å². The average molecular weight is 411 g/mol. The third kappa shape index (κ3) is 5.80. The van der Waals surface area contributed by atoms with Gasteiger partial charge in [-0.05, 0) is 29.8 Å². The highest BCUT2D eigenvalue weighted by atomic mass is 16.6. The van der Waals surface area contributed by atoms with E-state index in [9.17, 15) is 25.0 Å². The van der Waals surface area contributed by atoms with E-state index >= 15 is 0 Å². The van der Waals surface area contributed by atoms with E-state index in [1.54, 1.807) is 30.3 Å². The first-order valence-corrected chi connectivity index (χ1v) is 8.43. The summed E-state index contributed by atoms with van der Waals surface area (Å²) in [6.07, 6.45) is 1.31. The van der Waals surface area contributed by atoms with Crippen LogP contribution in [0.2, 0.25) is 0 Å². The van der Waals surface area contributed by atoms with Crippen LogP contribution in [0.1, 0.15) is 5.56 Å². The number of non-ortho nitro benzene ring substituents is 1. The summed E-state index contributed by atoms with van der Waals surface area (Å²) in [5.41, 5.74) is 0.0512. The van der Waals surface area contributed by atoms with Crippen molar-refractivity contribution in [2.75, 3.05) is 26.1 Å². The smallest absolute Gasteiger partial charge is 0.349 e. The number of carbonyl (C=O) groups excluding carboxylic acids is 2. The molecule has 0 radical (unpaired) electrons. The summed E-state index contributed by atoms with van der Waals surface area (Å²) >= 11 is 0. The molecule has 0 bridgehead atoms. The number of hydrogen-bond donors (Lipinski definition) is 1. The molecule has 0 heterocycles. The number of nitro benzene ring substituents is 1. The van der Waals surface area contributed by atoms with Crippen LogP contribution in [0, 0.1) is 21.4 Å². The number of amides is 1. The molecule has 154 valence electrons. The second kappa shape index (κ2) is 10.2. The highest BCUT2D eigenvalue weighted by molar-refractivity contribution is 6.00. The molecule has 0 aromatic heterocycles. The van der Waals surface area contributed by atoms with Gasteiger partial charge in [0.2, 0.25) is 0 Å². The van der Waals surface area contributed by atoms with E-state index < -0.39 is 23.4 Å². The molecule has 30 heavy (non-hydrogen) atoms. The minimum absolute atomic E-state index is 0.0435. The minimum atomic E-state index is -0.991. The molecule has 0 spiro atoms. The van der Waals surface area contributed by atoms with Crippen LogP contribution in [0.5, 0.6) is 11.5 Å². The summed E-state index contributed by atoms with van der Waals surface area (Å²) < 4.78 is 14.9. The predicted molar refractivity (Wildman–Crippen MR) is 106 cm³/mol. The van der Waals surface area contributed by atoms with Crippen molar-refractivity contribution >= 4 is 29.3 Å². The fourth-order valence-corrected chi connectivity index (χ4v) is 2.31. The van der Waals surface area contributed by atoms with E-state index in [0.717, 1.165) is 6.07 Å². The Morgan fingerprint density at radius 3 is 2.43 bits per heavy atom. The van der Waals surface area contributed by atoms with Gasteiger partial charge >= 0.3 is 5.97 Å². The Kier molecular flexibility index (Phi) is 7.47. The Morgan fingerprint density at radius 2 is 1.87 bits per heavy atom. The SMILES string of the molecule is COc1ccc(/C=C(/C#N)C(=O)OCC(=O)Nc2cc([N+](=O)[O-])ccc2OC)cc1. The van der Waals surface area contributed by atoms with Crippen molar-refractivity contribution in [3.8, 4) is 17.6 Å². The van der Waals surface area contributed by atoms with Crippen molar-refractivity contribution in [1.29, 1.82) is 5.26 Å².